The molecule has 1 aromatic carbocycles. The second-order valence-corrected chi connectivity index (χ2v) is 10.7. The second kappa shape index (κ2) is 19.9. The fraction of sp³-hybridized carbons (Fsp3) is 0.806. The van der Waals surface area contributed by atoms with Gasteiger partial charge in [-0.2, -0.15) is 0 Å². The highest BCUT2D eigenvalue weighted by atomic mass is 16.5. The van der Waals surface area contributed by atoms with Crippen molar-refractivity contribution in [3.63, 3.8) is 0 Å². The van der Waals surface area contributed by atoms with E-state index in [2.05, 4.69) is 46.9 Å². The van der Waals surface area contributed by atoms with Gasteiger partial charge >= 0.3 is 0 Å². The lowest BCUT2D eigenvalue weighted by molar-refractivity contribution is 0.104. The fourth-order valence-electron chi connectivity index (χ4n) is 4.48. The van der Waals surface area contributed by atoms with Crippen LogP contribution in [0.4, 0.5) is 0 Å². The lowest BCUT2D eigenvalue weighted by atomic mass is 10.0. The Morgan fingerprint density at radius 2 is 1.26 bits per heavy atom. The van der Waals surface area contributed by atoms with Crippen LogP contribution in [0.1, 0.15) is 127 Å². The van der Waals surface area contributed by atoms with E-state index >= 15 is 0 Å². The van der Waals surface area contributed by atoms with Gasteiger partial charge in [-0.1, -0.05) is 104 Å². The summed E-state index contributed by atoms with van der Waals surface area (Å²) in [5.41, 5.74) is 3.33. The molecule has 0 saturated carbocycles. The number of ether oxygens (including phenoxy) is 2. The van der Waals surface area contributed by atoms with Gasteiger partial charge in [0.15, 0.2) is 0 Å². The third-order valence-corrected chi connectivity index (χ3v) is 6.92. The highest BCUT2D eigenvalue weighted by Gasteiger charge is 2.14. The molecule has 0 amide bonds. The summed E-state index contributed by atoms with van der Waals surface area (Å²) >= 11 is 0. The zero-order valence-corrected chi connectivity index (χ0v) is 24.0. The van der Waals surface area contributed by atoms with Crippen molar-refractivity contribution < 1.29 is 14.6 Å². The molecule has 0 spiro atoms. The van der Waals surface area contributed by atoms with E-state index in [1.54, 1.807) is 0 Å². The quantitative estimate of drug-likeness (QED) is 0.160. The first kappa shape index (κ1) is 31.8. The van der Waals surface area contributed by atoms with Crippen LogP contribution in [0, 0.1) is 20.8 Å². The van der Waals surface area contributed by atoms with Crippen molar-refractivity contribution in [2.45, 2.75) is 144 Å². The van der Waals surface area contributed by atoms with Crippen molar-refractivity contribution in [1.29, 1.82) is 0 Å². The smallest absolute Gasteiger partial charge is 0.125 e. The average Bonchev–Trinajstić information content (AvgIpc) is 2.83. The molecule has 0 aliphatic heterocycles. The van der Waals surface area contributed by atoms with E-state index in [0.29, 0.717) is 19.2 Å². The predicted octanol–water partition coefficient (Wildman–Crippen LogP) is 8.21. The van der Waals surface area contributed by atoms with Crippen LogP contribution in [-0.4, -0.2) is 37.0 Å². The Balaban J connectivity index is 2.17. The molecule has 4 heteroatoms. The average molecular weight is 492 g/mol. The lowest BCUT2D eigenvalue weighted by Gasteiger charge is -2.20. The largest absolute Gasteiger partial charge is 0.493 e. The van der Waals surface area contributed by atoms with Gasteiger partial charge in [-0.15, -0.1) is 0 Å². The Hall–Kier alpha value is -1.26. The Kier molecular flexibility index (Phi) is 18.0. The molecule has 0 aliphatic rings. The third-order valence-electron chi connectivity index (χ3n) is 6.92. The first-order valence-electron chi connectivity index (χ1n) is 14.6. The van der Waals surface area contributed by atoms with Crippen LogP contribution < -0.4 is 14.8 Å². The maximum atomic E-state index is 10.1. The summed E-state index contributed by atoms with van der Waals surface area (Å²) in [7, 11) is 0. The molecule has 1 unspecified atom stereocenters. The van der Waals surface area contributed by atoms with Gasteiger partial charge in [0.1, 0.15) is 24.2 Å². The van der Waals surface area contributed by atoms with Gasteiger partial charge in [0.2, 0.25) is 0 Å². The number of aliphatic hydroxyl groups is 1. The maximum absolute atomic E-state index is 10.1. The molecule has 35 heavy (non-hydrogen) atoms. The number of hydrogen-bond acceptors (Lipinski definition) is 4. The molecule has 0 aliphatic carbocycles. The molecular weight excluding hydrogens is 434 g/mol. The first-order chi connectivity index (χ1) is 16.9. The molecule has 1 atom stereocenters. The topological polar surface area (TPSA) is 50.7 Å². The monoisotopic (exact) mass is 491 g/mol. The molecule has 0 radical (unpaired) electrons. The van der Waals surface area contributed by atoms with Gasteiger partial charge in [-0.25, -0.2) is 0 Å². The zero-order chi connectivity index (χ0) is 25.9. The van der Waals surface area contributed by atoms with Gasteiger partial charge in [-0.05, 0) is 49.9 Å². The van der Waals surface area contributed by atoms with Gasteiger partial charge in [0, 0.05) is 12.6 Å². The normalized spacial score (nSPS) is 12.3. The van der Waals surface area contributed by atoms with Crippen LogP contribution in [0.15, 0.2) is 6.07 Å². The van der Waals surface area contributed by atoms with Crippen molar-refractivity contribution in [3.8, 4) is 11.5 Å². The second-order valence-electron chi connectivity index (χ2n) is 10.7. The van der Waals surface area contributed by atoms with Crippen molar-refractivity contribution in [3.05, 3.63) is 22.8 Å². The first-order valence-corrected chi connectivity index (χ1v) is 14.6. The highest BCUT2D eigenvalue weighted by Crippen LogP contribution is 2.33. The van der Waals surface area contributed by atoms with E-state index in [4.69, 9.17) is 9.47 Å². The minimum absolute atomic E-state index is 0.290. The molecule has 1 rings (SSSR count). The number of hydrogen-bond donors (Lipinski definition) is 2. The molecule has 1 aromatic rings. The minimum atomic E-state index is -0.520. The van der Waals surface area contributed by atoms with E-state index in [1.807, 2.05) is 6.07 Å². The van der Waals surface area contributed by atoms with Crippen LogP contribution in [0.3, 0.4) is 0 Å². The summed E-state index contributed by atoms with van der Waals surface area (Å²) in [6.45, 7) is 14.3. The van der Waals surface area contributed by atoms with E-state index in [-0.39, 0.29) is 0 Å². The van der Waals surface area contributed by atoms with Crippen molar-refractivity contribution in [2.75, 3.05) is 19.8 Å². The molecular formula is C31H57NO3. The number of nitrogens with one attached hydrogen (secondary N) is 1. The summed E-state index contributed by atoms with van der Waals surface area (Å²) in [6, 6.07) is 2.40. The lowest BCUT2D eigenvalue weighted by Crippen LogP contribution is -2.35. The molecule has 0 fully saturated rings. The maximum Gasteiger partial charge on any atom is 0.125 e. The van der Waals surface area contributed by atoms with Crippen molar-refractivity contribution >= 4 is 0 Å². The zero-order valence-electron chi connectivity index (χ0n) is 24.0. The highest BCUT2D eigenvalue weighted by molar-refractivity contribution is 5.52. The molecule has 2 N–H and O–H groups in total. The summed E-state index contributed by atoms with van der Waals surface area (Å²) < 4.78 is 12.1. The Labute approximate surface area is 217 Å². The van der Waals surface area contributed by atoms with Gasteiger partial charge in [-0.3, -0.25) is 0 Å². The molecule has 4 nitrogen and oxygen atoms in total. The third kappa shape index (κ3) is 14.8. The van der Waals surface area contributed by atoms with Gasteiger partial charge in [0.25, 0.3) is 0 Å². The van der Waals surface area contributed by atoms with Gasteiger partial charge in [0.05, 0.1) is 6.61 Å². The van der Waals surface area contributed by atoms with Crippen molar-refractivity contribution in [2.24, 2.45) is 0 Å². The molecule has 204 valence electrons. The summed E-state index contributed by atoms with van der Waals surface area (Å²) in [6.07, 6.45) is 18.7. The van der Waals surface area contributed by atoms with Crippen LogP contribution in [0.25, 0.3) is 0 Å². The molecule has 0 heterocycles. The van der Waals surface area contributed by atoms with Crippen molar-refractivity contribution in [1.82, 2.24) is 5.32 Å². The number of aliphatic hydroxyl groups excluding tert-OH is 1. The standard InChI is InChI=1S/C31H57NO3/c1-7-8-9-10-11-12-13-14-15-16-17-18-19-20-21-34-31-26(4)22-30(27(5)28(31)6)35-24-29(33)23-32-25(2)3/h22,25,29,32-33H,7-21,23-24H2,1-6H3. The van der Waals surface area contributed by atoms with Crippen LogP contribution >= 0.6 is 0 Å². The number of unbranched alkanes of at least 4 members (excludes halogenated alkanes) is 13. The fourth-order valence-corrected chi connectivity index (χ4v) is 4.48. The van der Waals surface area contributed by atoms with Crippen LogP contribution in [0.5, 0.6) is 11.5 Å². The number of aryl methyl sites for hydroxylation is 1. The summed E-state index contributed by atoms with van der Waals surface area (Å²) in [5.74, 6) is 1.83. The summed E-state index contributed by atoms with van der Waals surface area (Å²) in [5, 5.41) is 13.4. The van der Waals surface area contributed by atoms with Gasteiger partial charge < -0.3 is 19.9 Å². The number of benzene rings is 1. The molecule has 0 saturated heterocycles. The van der Waals surface area contributed by atoms with E-state index in [1.165, 1.54) is 83.5 Å². The minimum Gasteiger partial charge on any atom is -0.493 e. The Morgan fingerprint density at radius 3 is 1.77 bits per heavy atom. The SMILES string of the molecule is CCCCCCCCCCCCCCCCOc1c(C)cc(OCC(O)CNC(C)C)c(C)c1C. The predicted molar refractivity (Wildman–Crippen MR) is 151 cm³/mol. The Morgan fingerprint density at radius 1 is 0.743 bits per heavy atom. The van der Waals surface area contributed by atoms with Crippen LogP contribution in [0.2, 0.25) is 0 Å². The summed E-state index contributed by atoms with van der Waals surface area (Å²) in [4.78, 5) is 0. The van der Waals surface area contributed by atoms with Crippen LogP contribution in [-0.2, 0) is 0 Å². The molecule has 0 aromatic heterocycles. The van der Waals surface area contributed by atoms with E-state index in [0.717, 1.165) is 41.2 Å². The van der Waals surface area contributed by atoms with E-state index < -0.39 is 6.10 Å². The molecule has 0 bridgehead atoms. The number of rotatable bonds is 22. The van der Waals surface area contributed by atoms with E-state index in [9.17, 15) is 5.11 Å². The Bertz CT molecular complexity index is 659.